The highest BCUT2D eigenvalue weighted by molar-refractivity contribution is 6.02. The van der Waals surface area contributed by atoms with E-state index in [1.54, 1.807) is 4.90 Å². The minimum atomic E-state index is -0.695. The number of benzene rings is 1. The van der Waals surface area contributed by atoms with E-state index in [0.29, 0.717) is 13.2 Å². The number of fused-ring (bicyclic) bond motifs is 1. The Balaban J connectivity index is 1.60. The molecule has 2 bridgehead atoms. The predicted octanol–water partition coefficient (Wildman–Crippen LogP) is 2.62. The summed E-state index contributed by atoms with van der Waals surface area (Å²) in [4.78, 5) is 27.5. The van der Waals surface area contributed by atoms with Gasteiger partial charge in [-0.2, -0.15) is 0 Å². The van der Waals surface area contributed by atoms with Crippen molar-refractivity contribution in [1.82, 2.24) is 0 Å². The van der Waals surface area contributed by atoms with Crippen molar-refractivity contribution in [3.63, 3.8) is 0 Å². The molecular formula is C20H23NO4. The highest BCUT2D eigenvalue weighted by atomic mass is 16.6. The maximum absolute atomic E-state index is 13.1. The van der Waals surface area contributed by atoms with Crippen LogP contribution in [0.2, 0.25) is 0 Å². The number of ether oxygens (including phenoxy) is 2. The molecule has 1 aromatic rings. The Morgan fingerprint density at radius 1 is 1.44 bits per heavy atom. The summed E-state index contributed by atoms with van der Waals surface area (Å²) >= 11 is 0. The lowest BCUT2D eigenvalue weighted by molar-refractivity contribution is -0.152. The van der Waals surface area contributed by atoms with Crippen LogP contribution in [0.3, 0.4) is 0 Å². The standard InChI is InChI=1S/C20H23NO4/c1-3-4-10-24-19(23)16-15-8-9-20(25-15)12-21(18(22)17(16)20)14-7-5-6-13(2)11-14/h5-9,11,15-17H,3-4,10,12H2,1-2H3/t15-,16+,17-,20+/m0/s1. The van der Waals surface area contributed by atoms with Crippen LogP contribution in [-0.4, -0.2) is 36.7 Å². The summed E-state index contributed by atoms with van der Waals surface area (Å²) in [6, 6.07) is 7.85. The predicted molar refractivity (Wildman–Crippen MR) is 93.1 cm³/mol. The molecule has 0 unspecified atom stereocenters. The van der Waals surface area contributed by atoms with Crippen molar-refractivity contribution in [2.24, 2.45) is 11.8 Å². The second kappa shape index (κ2) is 5.99. The third-order valence-corrected chi connectivity index (χ3v) is 5.43. The average Bonchev–Trinajstić information content (AvgIpc) is 3.23. The summed E-state index contributed by atoms with van der Waals surface area (Å²) in [5.41, 5.74) is 1.25. The van der Waals surface area contributed by atoms with E-state index in [2.05, 4.69) is 0 Å². The fraction of sp³-hybridized carbons (Fsp3) is 0.500. The Kier molecular flexibility index (Phi) is 3.91. The van der Waals surface area contributed by atoms with Gasteiger partial charge in [-0.25, -0.2) is 0 Å². The van der Waals surface area contributed by atoms with Crippen LogP contribution in [-0.2, 0) is 19.1 Å². The molecule has 1 amide bonds. The largest absolute Gasteiger partial charge is 0.465 e. The van der Waals surface area contributed by atoms with Crippen LogP contribution in [0.4, 0.5) is 5.69 Å². The highest BCUT2D eigenvalue weighted by Crippen LogP contribution is 2.52. The lowest BCUT2D eigenvalue weighted by Crippen LogP contribution is -2.40. The first-order valence-electron chi connectivity index (χ1n) is 8.97. The smallest absolute Gasteiger partial charge is 0.312 e. The van der Waals surface area contributed by atoms with E-state index >= 15 is 0 Å². The number of unbranched alkanes of at least 4 members (excludes halogenated alkanes) is 1. The normalized spacial score (nSPS) is 32.3. The molecule has 4 atom stereocenters. The van der Waals surface area contributed by atoms with E-state index in [9.17, 15) is 9.59 Å². The summed E-state index contributed by atoms with van der Waals surface area (Å²) < 4.78 is 11.5. The van der Waals surface area contributed by atoms with Crippen molar-refractivity contribution in [1.29, 1.82) is 0 Å². The Morgan fingerprint density at radius 2 is 2.28 bits per heavy atom. The molecular weight excluding hydrogens is 318 g/mol. The molecule has 0 aromatic heterocycles. The van der Waals surface area contributed by atoms with Crippen molar-refractivity contribution < 1.29 is 19.1 Å². The number of aryl methyl sites for hydroxylation is 1. The number of carbonyl (C=O) groups is 2. The second-order valence-corrected chi connectivity index (χ2v) is 7.18. The lowest BCUT2D eigenvalue weighted by Gasteiger charge is -2.22. The maximum atomic E-state index is 13.1. The van der Waals surface area contributed by atoms with E-state index < -0.39 is 17.4 Å². The summed E-state index contributed by atoms with van der Waals surface area (Å²) in [7, 11) is 0. The van der Waals surface area contributed by atoms with E-state index in [1.807, 2.05) is 50.3 Å². The van der Waals surface area contributed by atoms with Crippen LogP contribution < -0.4 is 4.90 Å². The van der Waals surface area contributed by atoms with Gasteiger partial charge in [0.15, 0.2) is 0 Å². The molecule has 5 heteroatoms. The van der Waals surface area contributed by atoms with E-state index in [-0.39, 0.29) is 18.0 Å². The van der Waals surface area contributed by atoms with Gasteiger partial charge in [0, 0.05) is 5.69 Å². The average molecular weight is 341 g/mol. The first-order chi connectivity index (χ1) is 12.1. The van der Waals surface area contributed by atoms with E-state index in [1.165, 1.54) is 0 Å². The number of hydrogen-bond donors (Lipinski definition) is 0. The van der Waals surface area contributed by atoms with E-state index in [0.717, 1.165) is 24.1 Å². The van der Waals surface area contributed by atoms with Gasteiger partial charge in [-0.05, 0) is 31.0 Å². The monoisotopic (exact) mass is 341 g/mol. The first kappa shape index (κ1) is 16.3. The summed E-state index contributed by atoms with van der Waals surface area (Å²) in [5.74, 6) is -1.38. The zero-order valence-electron chi connectivity index (χ0n) is 14.6. The van der Waals surface area contributed by atoms with Gasteiger partial charge in [-0.3, -0.25) is 9.59 Å². The van der Waals surface area contributed by atoms with Gasteiger partial charge in [-0.1, -0.05) is 37.6 Å². The fourth-order valence-electron chi connectivity index (χ4n) is 4.20. The van der Waals surface area contributed by atoms with E-state index in [4.69, 9.17) is 9.47 Å². The molecule has 2 fully saturated rings. The molecule has 2 saturated heterocycles. The van der Waals surface area contributed by atoms with Gasteiger partial charge < -0.3 is 14.4 Å². The Bertz CT molecular complexity index is 743. The molecule has 3 heterocycles. The van der Waals surface area contributed by atoms with Crippen molar-refractivity contribution in [3.8, 4) is 0 Å². The van der Waals surface area contributed by atoms with Crippen molar-refractivity contribution in [2.45, 2.75) is 38.4 Å². The van der Waals surface area contributed by atoms with Crippen LogP contribution in [0.5, 0.6) is 0 Å². The fourth-order valence-corrected chi connectivity index (χ4v) is 4.20. The van der Waals surface area contributed by atoms with Gasteiger partial charge in [-0.15, -0.1) is 0 Å². The summed E-state index contributed by atoms with van der Waals surface area (Å²) in [5, 5.41) is 0. The third-order valence-electron chi connectivity index (χ3n) is 5.43. The van der Waals surface area contributed by atoms with Gasteiger partial charge in [0.05, 0.1) is 25.2 Å². The maximum Gasteiger partial charge on any atom is 0.312 e. The molecule has 1 spiro atoms. The molecule has 0 aliphatic carbocycles. The minimum absolute atomic E-state index is 0.0464. The molecule has 5 nitrogen and oxygen atoms in total. The third kappa shape index (κ3) is 2.49. The van der Waals surface area contributed by atoms with Crippen molar-refractivity contribution in [3.05, 3.63) is 42.0 Å². The van der Waals surface area contributed by atoms with Crippen LogP contribution >= 0.6 is 0 Å². The van der Waals surface area contributed by atoms with Crippen molar-refractivity contribution >= 4 is 17.6 Å². The van der Waals surface area contributed by atoms with Gasteiger partial charge >= 0.3 is 5.97 Å². The lowest BCUT2D eigenvalue weighted by atomic mass is 9.77. The summed E-state index contributed by atoms with van der Waals surface area (Å²) in [6.45, 7) is 4.90. The van der Waals surface area contributed by atoms with Crippen LogP contribution in [0.25, 0.3) is 0 Å². The van der Waals surface area contributed by atoms with Gasteiger partial charge in [0.1, 0.15) is 11.5 Å². The minimum Gasteiger partial charge on any atom is -0.465 e. The molecule has 4 rings (SSSR count). The number of rotatable bonds is 5. The molecule has 25 heavy (non-hydrogen) atoms. The van der Waals surface area contributed by atoms with Crippen LogP contribution in [0.15, 0.2) is 36.4 Å². The zero-order valence-corrected chi connectivity index (χ0v) is 14.6. The molecule has 3 aliphatic heterocycles. The topological polar surface area (TPSA) is 55.8 Å². The Morgan fingerprint density at radius 3 is 3.04 bits per heavy atom. The number of hydrogen-bond acceptors (Lipinski definition) is 4. The van der Waals surface area contributed by atoms with Gasteiger partial charge in [0.25, 0.3) is 0 Å². The number of anilines is 1. The first-order valence-corrected chi connectivity index (χ1v) is 8.97. The Hall–Kier alpha value is -2.14. The summed E-state index contributed by atoms with van der Waals surface area (Å²) in [6.07, 6.45) is 5.33. The number of nitrogens with zero attached hydrogens (tertiary/aromatic N) is 1. The molecule has 3 aliphatic rings. The molecule has 0 N–H and O–H groups in total. The van der Waals surface area contributed by atoms with Crippen molar-refractivity contribution in [2.75, 3.05) is 18.1 Å². The quantitative estimate of drug-likeness (QED) is 0.469. The number of carbonyl (C=O) groups excluding carboxylic acids is 2. The molecule has 1 aromatic carbocycles. The van der Waals surface area contributed by atoms with Crippen LogP contribution in [0, 0.1) is 18.8 Å². The van der Waals surface area contributed by atoms with Gasteiger partial charge in [0.2, 0.25) is 5.91 Å². The number of esters is 1. The van der Waals surface area contributed by atoms with Crippen LogP contribution in [0.1, 0.15) is 25.3 Å². The zero-order chi connectivity index (χ0) is 17.6. The molecule has 0 saturated carbocycles. The molecule has 132 valence electrons. The number of amides is 1. The molecule has 0 radical (unpaired) electrons. The second-order valence-electron chi connectivity index (χ2n) is 7.18. The Labute approximate surface area is 147 Å². The highest BCUT2D eigenvalue weighted by Gasteiger charge is 2.67. The SMILES string of the molecule is CCCCOC(=O)[C@@H]1[C@@H]2C=C[C@]3(CN(c4cccc(C)c4)C(=O)[C@H]13)O2.